The zero-order chi connectivity index (χ0) is 16.3. The van der Waals surface area contributed by atoms with Crippen molar-refractivity contribution in [1.82, 2.24) is 10.2 Å². The molecule has 0 atom stereocenters. The molecule has 1 aliphatic heterocycles. The van der Waals surface area contributed by atoms with Gasteiger partial charge < -0.3 is 10.4 Å². The van der Waals surface area contributed by atoms with Crippen LogP contribution < -0.4 is 5.32 Å². The molecule has 0 aromatic heterocycles. The minimum absolute atomic E-state index is 0.114. The minimum Gasteiger partial charge on any atom is -0.396 e. The molecule has 1 aliphatic carbocycles. The third-order valence-electron chi connectivity index (χ3n) is 4.85. The molecule has 1 fully saturated rings. The first-order chi connectivity index (χ1) is 11.1. The molecule has 5 nitrogen and oxygen atoms in total. The van der Waals surface area contributed by atoms with E-state index < -0.39 is 0 Å². The van der Waals surface area contributed by atoms with E-state index in [1.54, 1.807) is 0 Å². The fourth-order valence-electron chi connectivity index (χ4n) is 3.35. The first kappa shape index (κ1) is 15.7. The zero-order valence-corrected chi connectivity index (χ0v) is 13.1. The standard InChI is InChI=1S/C18H22N2O3/c21-13-18(8-4-5-9-18)12-19-15-10-16(22)20(17(15)23)11-14-6-2-1-3-7-14/h1-3,6-7,10,19,21H,4-5,8-9,11-13H2. The summed E-state index contributed by atoms with van der Waals surface area (Å²) in [6.45, 7) is 0.933. The number of nitrogens with one attached hydrogen (secondary N) is 1. The van der Waals surface area contributed by atoms with Crippen molar-refractivity contribution in [3.8, 4) is 0 Å². The molecular weight excluding hydrogens is 292 g/mol. The van der Waals surface area contributed by atoms with Gasteiger partial charge in [-0.3, -0.25) is 14.5 Å². The molecule has 1 heterocycles. The monoisotopic (exact) mass is 314 g/mol. The van der Waals surface area contributed by atoms with E-state index in [0.717, 1.165) is 31.2 Å². The number of aliphatic hydroxyl groups excluding tert-OH is 1. The molecular formula is C18H22N2O3. The third-order valence-corrected chi connectivity index (χ3v) is 4.85. The van der Waals surface area contributed by atoms with E-state index in [0.29, 0.717) is 12.2 Å². The normalized spacial score (nSPS) is 20.0. The second-order valence-electron chi connectivity index (χ2n) is 6.49. The predicted octanol–water partition coefficient (Wildman–Crippen LogP) is 1.58. The van der Waals surface area contributed by atoms with Crippen LogP contribution in [0.2, 0.25) is 0 Å². The van der Waals surface area contributed by atoms with Gasteiger partial charge in [-0.1, -0.05) is 43.2 Å². The van der Waals surface area contributed by atoms with Crippen molar-refractivity contribution in [2.24, 2.45) is 5.41 Å². The molecule has 0 radical (unpaired) electrons. The van der Waals surface area contributed by atoms with Crippen molar-refractivity contribution in [2.45, 2.75) is 32.2 Å². The number of imide groups is 1. The van der Waals surface area contributed by atoms with Crippen molar-refractivity contribution < 1.29 is 14.7 Å². The number of hydrogen-bond donors (Lipinski definition) is 2. The average Bonchev–Trinajstić information content (AvgIpc) is 3.15. The molecule has 5 heteroatoms. The Kier molecular flexibility index (Phi) is 4.48. The van der Waals surface area contributed by atoms with E-state index in [1.165, 1.54) is 11.0 Å². The SMILES string of the molecule is O=C1C=C(NCC2(CO)CCCC2)C(=O)N1Cc1ccccc1. The van der Waals surface area contributed by atoms with E-state index in [1.807, 2.05) is 30.3 Å². The molecule has 0 saturated heterocycles. The van der Waals surface area contributed by atoms with E-state index in [2.05, 4.69) is 5.32 Å². The van der Waals surface area contributed by atoms with Gasteiger partial charge in [0.05, 0.1) is 13.2 Å². The van der Waals surface area contributed by atoms with Gasteiger partial charge in [-0.25, -0.2) is 0 Å². The van der Waals surface area contributed by atoms with Crippen LogP contribution in [0.5, 0.6) is 0 Å². The van der Waals surface area contributed by atoms with Gasteiger partial charge in [0.1, 0.15) is 5.70 Å². The lowest BCUT2D eigenvalue weighted by Crippen LogP contribution is -2.38. The number of rotatable bonds is 6. The Balaban J connectivity index is 1.62. The molecule has 1 saturated carbocycles. The minimum atomic E-state index is -0.287. The van der Waals surface area contributed by atoms with Crippen molar-refractivity contribution in [3.63, 3.8) is 0 Å². The van der Waals surface area contributed by atoms with E-state index >= 15 is 0 Å². The molecule has 1 aromatic rings. The van der Waals surface area contributed by atoms with E-state index in [9.17, 15) is 14.7 Å². The van der Waals surface area contributed by atoms with Crippen LogP contribution >= 0.6 is 0 Å². The van der Waals surface area contributed by atoms with Crippen LogP contribution in [-0.2, 0) is 16.1 Å². The van der Waals surface area contributed by atoms with Crippen LogP contribution in [0, 0.1) is 5.41 Å². The first-order valence-electron chi connectivity index (χ1n) is 8.10. The van der Waals surface area contributed by atoms with Crippen molar-refractivity contribution in [2.75, 3.05) is 13.2 Å². The van der Waals surface area contributed by atoms with Crippen LogP contribution in [-0.4, -0.2) is 35.0 Å². The smallest absolute Gasteiger partial charge is 0.277 e. The lowest BCUT2D eigenvalue weighted by molar-refractivity contribution is -0.138. The summed E-state index contributed by atoms with van der Waals surface area (Å²) in [6.07, 6.45) is 5.49. The van der Waals surface area contributed by atoms with Gasteiger partial charge in [-0.15, -0.1) is 0 Å². The second-order valence-corrected chi connectivity index (χ2v) is 6.49. The summed E-state index contributed by atoms with van der Waals surface area (Å²) < 4.78 is 0. The second kappa shape index (κ2) is 6.54. The maximum Gasteiger partial charge on any atom is 0.277 e. The number of nitrogens with zero attached hydrogens (tertiary/aromatic N) is 1. The molecule has 1 aromatic carbocycles. The third kappa shape index (κ3) is 3.29. The predicted molar refractivity (Wildman–Crippen MR) is 86.1 cm³/mol. The Bertz CT molecular complexity index is 618. The summed E-state index contributed by atoms with van der Waals surface area (Å²) in [5, 5.41) is 12.7. The van der Waals surface area contributed by atoms with Crippen LogP contribution in [0.3, 0.4) is 0 Å². The fourth-order valence-corrected chi connectivity index (χ4v) is 3.35. The highest BCUT2D eigenvalue weighted by atomic mass is 16.3. The fraction of sp³-hybridized carbons (Fsp3) is 0.444. The zero-order valence-electron chi connectivity index (χ0n) is 13.1. The molecule has 0 unspecified atom stereocenters. The van der Waals surface area contributed by atoms with Crippen LogP contribution in [0.25, 0.3) is 0 Å². The Labute approximate surface area is 136 Å². The number of carbonyl (C=O) groups is 2. The molecule has 0 spiro atoms. The number of aliphatic hydroxyl groups is 1. The largest absolute Gasteiger partial charge is 0.396 e. The molecule has 3 rings (SSSR count). The number of amides is 2. The Morgan fingerprint density at radius 3 is 2.48 bits per heavy atom. The first-order valence-corrected chi connectivity index (χ1v) is 8.10. The van der Waals surface area contributed by atoms with Crippen LogP contribution in [0.15, 0.2) is 42.1 Å². The number of benzene rings is 1. The number of hydrogen-bond acceptors (Lipinski definition) is 4. The Morgan fingerprint density at radius 1 is 1.13 bits per heavy atom. The molecule has 2 amide bonds. The van der Waals surface area contributed by atoms with Gasteiger partial charge >= 0.3 is 0 Å². The van der Waals surface area contributed by atoms with Crippen molar-refractivity contribution >= 4 is 11.8 Å². The molecule has 0 bridgehead atoms. The maximum absolute atomic E-state index is 12.4. The summed E-state index contributed by atoms with van der Waals surface area (Å²) in [5.74, 6) is -0.573. The summed E-state index contributed by atoms with van der Waals surface area (Å²) in [5.41, 5.74) is 1.11. The highest BCUT2D eigenvalue weighted by Gasteiger charge is 2.36. The summed E-state index contributed by atoms with van der Waals surface area (Å²) in [7, 11) is 0. The highest BCUT2D eigenvalue weighted by Crippen LogP contribution is 2.37. The maximum atomic E-state index is 12.4. The quantitative estimate of drug-likeness (QED) is 0.782. The Morgan fingerprint density at radius 2 is 1.83 bits per heavy atom. The lowest BCUT2D eigenvalue weighted by atomic mass is 9.87. The summed E-state index contributed by atoms with van der Waals surface area (Å²) in [6, 6.07) is 9.46. The van der Waals surface area contributed by atoms with E-state index in [4.69, 9.17) is 0 Å². The van der Waals surface area contributed by atoms with E-state index in [-0.39, 0.29) is 30.4 Å². The molecule has 23 heavy (non-hydrogen) atoms. The van der Waals surface area contributed by atoms with Gasteiger partial charge in [0.15, 0.2) is 0 Å². The Hall–Kier alpha value is -2.14. The van der Waals surface area contributed by atoms with Crippen molar-refractivity contribution in [3.05, 3.63) is 47.7 Å². The van der Waals surface area contributed by atoms with Crippen LogP contribution in [0.1, 0.15) is 31.2 Å². The summed E-state index contributed by atoms with van der Waals surface area (Å²) in [4.78, 5) is 25.8. The molecule has 122 valence electrons. The lowest BCUT2D eigenvalue weighted by Gasteiger charge is -2.27. The van der Waals surface area contributed by atoms with Gasteiger partial charge in [0.2, 0.25) is 0 Å². The summed E-state index contributed by atoms with van der Waals surface area (Å²) >= 11 is 0. The van der Waals surface area contributed by atoms with Gasteiger partial charge in [-0.05, 0) is 18.4 Å². The topological polar surface area (TPSA) is 69.6 Å². The van der Waals surface area contributed by atoms with Gasteiger partial charge in [0.25, 0.3) is 11.8 Å². The van der Waals surface area contributed by atoms with Gasteiger partial charge in [0, 0.05) is 18.0 Å². The molecule has 2 N–H and O–H groups in total. The van der Waals surface area contributed by atoms with Gasteiger partial charge in [-0.2, -0.15) is 0 Å². The van der Waals surface area contributed by atoms with Crippen molar-refractivity contribution in [1.29, 1.82) is 0 Å². The average molecular weight is 314 g/mol. The van der Waals surface area contributed by atoms with Crippen LogP contribution in [0.4, 0.5) is 0 Å². The molecule has 2 aliphatic rings. The highest BCUT2D eigenvalue weighted by molar-refractivity contribution is 6.15. The number of carbonyl (C=O) groups excluding carboxylic acids is 2.